The van der Waals surface area contributed by atoms with E-state index >= 15 is 0 Å². The van der Waals surface area contributed by atoms with E-state index in [1.165, 1.54) is 12.1 Å². The van der Waals surface area contributed by atoms with Gasteiger partial charge in [-0.05, 0) is 4.99 Å². The smallest absolute Gasteiger partial charge is 0.336 e. The predicted octanol–water partition coefficient (Wildman–Crippen LogP) is 1.31. The van der Waals surface area contributed by atoms with E-state index in [0.717, 1.165) is 0 Å². The molecule has 0 aromatic heterocycles. The predicted molar refractivity (Wildman–Crippen MR) is 35.6 cm³/mol. The van der Waals surface area contributed by atoms with Crippen LogP contribution in [0, 0.1) is 6.57 Å². The van der Waals surface area contributed by atoms with E-state index in [-0.39, 0.29) is 5.70 Å². The number of hydrogen-bond donors (Lipinski definition) is 0. The molecule has 0 bridgehead atoms. The van der Waals surface area contributed by atoms with E-state index in [0.29, 0.717) is 0 Å². The van der Waals surface area contributed by atoms with Crippen molar-refractivity contribution in [3.63, 3.8) is 0 Å². The van der Waals surface area contributed by atoms with E-state index in [4.69, 9.17) is 6.57 Å². The Bertz CT molecular complexity index is 180. The fourth-order valence-corrected chi connectivity index (χ4v) is 0.508. The number of carbonyl (C=O) groups excluding carboxylic acids is 1. The van der Waals surface area contributed by atoms with Gasteiger partial charge in [0.15, 0.2) is 0 Å². The van der Waals surface area contributed by atoms with Crippen LogP contribution in [0.4, 0.5) is 0 Å². The number of esters is 1. The molecule has 0 aliphatic heterocycles. The molecule has 0 aliphatic carbocycles. The SMILES string of the molecule is [C-]#[N+]/C(=C/Br)C(=O)OC. The van der Waals surface area contributed by atoms with Crippen LogP contribution in [0.25, 0.3) is 4.85 Å². The zero-order valence-electron chi connectivity index (χ0n) is 4.72. The second-order valence-corrected chi connectivity index (χ2v) is 1.56. The van der Waals surface area contributed by atoms with Gasteiger partial charge in [0.2, 0.25) is 0 Å². The van der Waals surface area contributed by atoms with Gasteiger partial charge in [-0.1, -0.05) is 15.9 Å². The summed E-state index contributed by atoms with van der Waals surface area (Å²) < 4.78 is 4.24. The Labute approximate surface area is 61.3 Å². The van der Waals surface area contributed by atoms with Crippen LogP contribution in [0.1, 0.15) is 0 Å². The van der Waals surface area contributed by atoms with Crippen molar-refractivity contribution < 1.29 is 9.53 Å². The van der Waals surface area contributed by atoms with E-state index in [1.807, 2.05) is 0 Å². The topological polar surface area (TPSA) is 30.7 Å². The Balaban J connectivity index is 4.19. The van der Waals surface area contributed by atoms with E-state index in [2.05, 4.69) is 25.5 Å². The molecule has 0 saturated carbocycles. The van der Waals surface area contributed by atoms with Crippen molar-refractivity contribution in [3.05, 3.63) is 22.1 Å². The molecule has 0 saturated heterocycles. The van der Waals surface area contributed by atoms with Gasteiger partial charge in [-0.15, -0.1) is 0 Å². The zero-order valence-corrected chi connectivity index (χ0v) is 6.31. The average molecular weight is 190 g/mol. The van der Waals surface area contributed by atoms with E-state index in [9.17, 15) is 4.79 Å². The maximum atomic E-state index is 10.4. The number of ether oxygens (including phenoxy) is 1. The quantitative estimate of drug-likeness (QED) is 0.354. The molecule has 0 spiro atoms. The van der Waals surface area contributed by atoms with Gasteiger partial charge in [0.05, 0.1) is 13.7 Å². The Hall–Kier alpha value is -0.820. The molecule has 0 aromatic carbocycles. The standard InChI is InChI=1S/C5H4BrNO2/c1-7-4(3-6)5(8)9-2/h3H,2H3/b4-3+. The van der Waals surface area contributed by atoms with Gasteiger partial charge in [-0.3, -0.25) is 4.79 Å². The highest BCUT2D eigenvalue weighted by Gasteiger charge is 2.06. The highest BCUT2D eigenvalue weighted by molar-refractivity contribution is 9.11. The van der Waals surface area contributed by atoms with Gasteiger partial charge in [0.25, 0.3) is 5.70 Å². The molecule has 3 nitrogen and oxygen atoms in total. The van der Waals surface area contributed by atoms with Gasteiger partial charge in [-0.2, -0.15) is 0 Å². The van der Waals surface area contributed by atoms with Gasteiger partial charge in [0.1, 0.15) is 0 Å². The monoisotopic (exact) mass is 189 g/mol. The third-order valence-electron chi connectivity index (χ3n) is 0.618. The lowest BCUT2D eigenvalue weighted by Crippen LogP contribution is -1.99. The Morgan fingerprint density at radius 3 is 2.56 bits per heavy atom. The summed E-state index contributed by atoms with van der Waals surface area (Å²) in [6, 6.07) is 0. The molecule has 0 amide bonds. The van der Waals surface area contributed by atoms with Crippen LogP contribution >= 0.6 is 15.9 Å². The first-order chi connectivity index (χ1) is 4.26. The molecule has 0 N–H and O–H groups in total. The molecular formula is C5H4BrNO2. The number of methoxy groups -OCH3 is 1. The minimum atomic E-state index is -0.623. The molecule has 0 aromatic rings. The van der Waals surface area contributed by atoms with Crippen LogP contribution in [0.2, 0.25) is 0 Å². The lowest BCUT2D eigenvalue weighted by atomic mass is 10.5. The first-order valence-corrected chi connectivity index (χ1v) is 2.94. The second-order valence-electron chi connectivity index (χ2n) is 1.10. The minimum Gasteiger partial charge on any atom is -0.474 e. The lowest BCUT2D eigenvalue weighted by molar-refractivity contribution is -0.135. The van der Waals surface area contributed by atoms with Crippen LogP contribution in [0.15, 0.2) is 10.7 Å². The summed E-state index contributed by atoms with van der Waals surface area (Å²) in [5, 5.41) is 0. The van der Waals surface area contributed by atoms with Gasteiger partial charge >= 0.3 is 5.97 Å². The zero-order chi connectivity index (χ0) is 7.28. The fourth-order valence-electron chi connectivity index (χ4n) is 0.219. The van der Waals surface area contributed by atoms with Crippen molar-refractivity contribution in [2.75, 3.05) is 7.11 Å². The van der Waals surface area contributed by atoms with Crippen molar-refractivity contribution in [2.24, 2.45) is 0 Å². The van der Waals surface area contributed by atoms with Crippen molar-refractivity contribution in [1.29, 1.82) is 0 Å². The molecule has 0 fully saturated rings. The third kappa shape index (κ3) is 2.29. The van der Waals surface area contributed by atoms with Crippen LogP contribution in [-0.4, -0.2) is 13.1 Å². The maximum absolute atomic E-state index is 10.4. The summed E-state index contributed by atoms with van der Waals surface area (Å²) in [6.45, 7) is 6.42. The molecule has 9 heavy (non-hydrogen) atoms. The highest BCUT2D eigenvalue weighted by Crippen LogP contribution is 2.01. The molecular weight excluding hydrogens is 186 g/mol. The van der Waals surface area contributed by atoms with Crippen molar-refractivity contribution >= 4 is 21.9 Å². The van der Waals surface area contributed by atoms with Gasteiger partial charge in [0, 0.05) is 0 Å². The average Bonchev–Trinajstić information content (AvgIpc) is 1.90. The molecule has 4 heteroatoms. The van der Waals surface area contributed by atoms with Gasteiger partial charge in [-0.25, -0.2) is 4.85 Å². The summed E-state index contributed by atoms with van der Waals surface area (Å²) in [7, 11) is 1.23. The van der Waals surface area contributed by atoms with Crippen LogP contribution < -0.4 is 0 Å². The molecule has 0 unspecified atom stereocenters. The first kappa shape index (κ1) is 8.18. The normalized spacial score (nSPS) is 10.1. The highest BCUT2D eigenvalue weighted by atomic mass is 79.9. The number of rotatable bonds is 1. The van der Waals surface area contributed by atoms with Crippen LogP contribution in [-0.2, 0) is 9.53 Å². The Morgan fingerprint density at radius 1 is 1.89 bits per heavy atom. The molecule has 0 atom stereocenters. The number of carbonyl (C=O) groups is 1. The summed E-state index contributed by atoms with van der Waals surface area (Å²) in [6.07, 6.45) is 0. The third-order valence-corrected chi connectivity index (χ3v) is 1.05. The molecule has 48 valence electrons. The molecule has 0 radical (unpaired) electrons. The summed E-state index contributed by atoms with van der Waals surface area (Å²) in [5.74, 6) is -0.623. The minimum absolute atomic E-state index is 0.0579. The number of nitrogens with zero attached hydrogens (tertiary/aromatic N) is 1. The second kappa shape index (κ2) is 4.10. The molecule has 0 aliphatic rings. The van der Waals surface area contributed by atoms with Crippen molar-refractivity contribution in [1.82, 2.24) is 0 Å². The van der Waals surface area contributed by atoms with Crippen LogP contribution in [0.5, 0.6) is 0 Å². The van der Waals surface area contributed by atoms with Crippen LogP contribution in [0.3, 0.4) is 0 Å². The Kier molecular flexibility index (Phi) is 3.72. The number of hydrogen-bond acceptors (Lipinski definition) is 2. The number of halogens is 1. The molecule has 0 heterocycles. The summed E-state index contributed by atoms with van der Waals surface area (Å²) in [4.78, 5) is 14.5. The van der Waals surface area contributed by atoms with E-state index in [1.54, 1.807) is 0 Å². The fraction of sp³-hybridized carbons (Fsp3) is 0.200. The van der Waals surface area contributed by atoms with Gasteiger partial charge < -0.3 is 4.74 Å². The summed E-state index contributed by atoms with van der Waals surface area (Å²) in [5.41, 5.74) is -0.0579. The summed E-state index contributed by atoms with van der Waals surface area (Å²) >= 11 is 2.84. The van der Waals surface area contributed by atoms with Crippen molar-refractivity contribution in [3.8, 4) is 0 Å². The largest absolute Gasteiger partial charge is 0.474 e. The van der Waals surface area contributed by atoms with Crippen molar-refractivity contribution in [2.45, 2.75) is 0 Å². The van der Waals surface area contributed by atoms with E-state index < -0.39 is 5.97 Å². The Morgan fingerprint density at radius 2 is 2.44 bits per heavy atom. The lowest BCUT2D eigenvalue weighted by Gasteiger charge is -1.91. The first-order valence-electron chi connectivity index (χ1n) is 2.02. The molecule has 0 rings (SSSR count). The maximum Gasteiger partial charge on any atom is 0.336 e.